The van der Waals surface area contributed by atoms with Gasteiger partial charge < -0.3 is 10.2 Å². The fourth-order valence-corrected chi connectivity index (χ4v) is 6.79. The molecule has 0 spiro atoms. The highest BCUT2D eigenvalue weighted by atomic mass is 16.2. The van der Waals surface area contributed by atoms with Gasteiger partial charge in [-0.1, -0.05) is 30.3 Å². The van der Waals surface area contributed by atoms with Gasteiger partial charge in [0.2, 0.25) is 5.91 Å². The number of benzene rings is 1. The van der Waals surface area contributed by atoms with Crippen LogP contribution in [0, 0.1) is 17.3 Å². The minimum Gasteiger partial charge on any atom is -0.350 e. The van der Waals surface area contributed by atoms with E-state index in [2.05, 4.69) is 47.6 Å². The lowest BCUT2D eigenvalue weighted by atomic mass is 9.42. The van der Waals surface area contributed by atoms with E-state index in [4.69, 9.17) is 0 Å². The number of amides is 1. The first-order chi connectivity index (χ1) is 11.6. The molecule has 1 heterocycles. The molecule has 3 nitrogen and oxygen atoms in total. The standard InChI is InChI=1S/C21H28N2O/c1-23-12-18(13-23)22-19(24)21-10-15-7-16(11-21)9-20(8-15,14-21)17-5-3-2-4-6-17/h2-6,15-16,18H,7-14H2,1H3,(H,22,24). The first-order valence-corrected chi connectivity index (χ1v) is 9.62. The summed E-state index contributed by atoms with van der Waals surface area (Å²) in [5.74, 6) is 1.87. The number of hydrogen-bond acceptors (Lipinski definition) is 2. The third-order valence-corrected chi connectivity index (χ3v) is 7.33. The maximum Gasteiger partial charge on any atom is 0.226 e. The van der Waals surface area contributed by atoms with E-state index < -0.39 is 0 Å². The van der Waals surface area contributed by atoms with Crippen LogP contribution in [0.2, 0.25) is 0 Å². The van der Waals surface area contributed by atoms with Crippen LogP contribution in [0.5, 0.6) is 0 Å². The van der Waals surface area contributed by atoms with Gasteiger partial charge in [0.25, 0.3) is 0 Å². The fourth-order valence-electron chi connectivity index (χ4n) is 6.79. The minimum atomic E-state index is -0.0892. The SMILES string of the molecule is CN1CC(NC(=O)C23CC4CC(C2)CC(c2ccccc2)(C4)C3)C1. The Bertz CT molecular complexity index is 635. The van der Waals surface area contributed by atoms with E-state index in [0.29, 0.717) is 11.9 Å². The van der Waals surface area contributed by atoms with Gasteiger partial charge in [-0.05, 0) is 68.4 Å². The van der Waals surface area contributed by atoms with Crippen molar-refractivity contribution in [3.8, 4) is 0 Å². The van der Waals surface area contributed by atoms with E-state index in [1.807, 2.05) is 0 Å². The number of nitrogens with zero attached hydrogens (tertiary/aromatic N) is 1. The molecule has 128 valence electrons. The lowest BCUT2D eigenvalue weighted by molar-refractivity contribution is -0.150. The van der Waals surface area contributed by atoms with Crippen LogP contribution in [0.4, 0.5) is 0 Å². The molecular formula is C21H28N2O. The van der Waals surface area contributed by atoms with Crippen LogP contribution in [0.25, 0.3) is 0 Å². The largest absolute Gasteiger partial charge is 0.350 e. The van der Waals surface area contributed by atoms with Crippen molar-refractivity contribution in [1.29, 1.82) is 0 Å². The maximum atomic E-state index is 13.3. The summed E-state index contributed by atoms with van der Waals surface area (Å²) in [5, 5.41) is 3.39. The normalized spacial score (nSPS) is 41.2. The van der Waals surface area contributed by atoms with Crippen molar-refractivity contribution >= 4 is 5.91 Å². The van der Waals surface area contributed by atoms with E-state index in [1.54, 1.807) is 0 Å². The van der Waals surface area contributed by atoms with Gasteiger partial charge in [-0.2, -0.15) is 0 Å². The lowest BCUT2D eigenvalue weighted by Gasteiger charge is -2.62. The van der Waals surface area contributed by atoms with Gasteiger partial charge in [-0.25, -0.2) is 0 Å². The average Bonchev–Trinajstić information content (AvgIpc) is 2.53. The summed E-state index contributed by atoms with van der Waals surface area (Å²) >= 11 is 0. The van der Waals surface area contributed by atoms with Gasteiger partial charge >= 0.3 is 0 Å². The first-order valence-electron chi connectivity index (χ1n) is 9.62. The molecule has 3 heteroatoms. The molecule has 1 aromatic carbocycles. The van der Waals surface area contributed by atoms with Crippen molar-refractivity contribution in [2.45, 2.75) is 50.0 Å². The summed E-state index contributed by atoms with van der Waals surface area (Å²) in [6, 6.07) is 11.4. The predicted octanol–water partition coefficient (Wildman–Crippen LogP) is 2.95. The number of carbonyl (C=O) groups excluding carboxylic acids is 1. The highest BCUT2D eigenvalue weighted by molar-refractivity contribution is 5.84. The molecule has 4 aliphatic carbocycles. The van der Waals surface area contributed by atoms with Crippen LogP contribution < -0.4 is 5.32 Å². The summed E-state index contributed by atoms with van der Waals surface area (Å²) in [4.78, 5) is 15.5. The Morgan fingerprint density at radius 1 is 1.08 bits per heavy atom. The predicted molar refractivity (Wildman–Crippen MR) is 94.7 cm³/mol. The van der Waals surface area contributed by atoms with E-state index >= 15 is 0 Å². The molecule has 1 N–H and O–H groups in total. The minimum absolute atomic E-state index is 0.0892. The number of rotatable bonds is 3. The summed E-state index contributed by atoms with van der Waals surface area (Å²) in [6.07, 6.45) is 7.30. The van der Waals surface area contributed by atoms with Crippen LogP contribution in [0.15, 0.2) is 30.3 Å². The quantitative estimate of drug-likeness (QED) is 0.927. The second-order valence-electron chi connectivity index (χ2n) is 9.28. The second-order valence-corrected chi connectivity index (χ2v) is 9.28. The number of nitrogens with one attached hydrogen (secondary N) is 1. The van der Waals surface area contributed by atoms with Crippen LogP contribution in [-0.2, 0) is 10.2 Å². The molecule has 0 aromatic heterocycles. The molecule has 6 rings (SSSR count). The van der Waals surface area contributed by atoms with Gasteiger partial charge in [0.1, 0.15) is 0 Å². The van der Waals surface area contributed by atoms with Crippen molar-refractivity contribution in [2.75, 3.05) is 20.1 Å². The summed E-state index contributed by atoms with van der Waals surface area (Å²) in [5.41, 5.74) is 1.66. The third kappa shape index (κ3) is 2.17. The van der Waals surface area contributed by atoms with Crippen LogP contribution >= 0.6 is 0 Å². The van der Waals surface area contributed by atoms with Gasteiger partial charge in [0.15, 0.2) is 0 Å². The molecule has 1 aliphatic heterocycles. The van der Waals surface area contributed by atoms with Gasteiger partial charge in [0, 0.05) is 13.1 Å². The van der Waals surface area contributed by atoms with Gasteiger partial charge in [-0.15, -0.1) is 0 Å². The maximum absolute atomic E-state index is 13.3. The van der Waals surface area contributed by atoms with E-state index in [-0.39, 0.29) is 10.8 Å². The van der Waals surface area contributed by atoms with Crippen molar-refractivity contribution in [3.05, 3.63) is 35.9 Å². The summed E-state index contributed by atoms with van der Waals surface area (Å²) in [7, 11) is 2.12. The smallest absolute Gasteiger partial charge is 0.226 e. The molecule has 1 aromatic rings. The molecular weight excluding hydrogens is 296 g/mol. The van der Waals surface area contributed by atoms with Crippen molar-refractivity contribution in [1.82, 2.24) is 10.2 Å². The molecule has 2 unspecified atom stereocenters. The van der Waals surface area contributed by atoms with Crippen LogP contribution in [-0.4, -0.2) is 37.0 Å². The monoisotopic (exact) mass is 324 g/mol. The molecule has 5 fully saturated rings. The number of carbonyl (C=O) groups is 1. The number of likely N-dealkylation sites (tertiary alicyclic amines) is 1. The highest BCUT2D eigenvalue weighted by Gasteiger charge is 2.61. The zero-order valence-electron chi connectivity index (χ0n) is 14.6. The molecule has 5 aliphatic rings. The van der Waals surface area contributed by atoms with Crippen LogP contribution in [0.3, 0.4) is 0 Å². The Balaban J connectivity index is 1.44. The fraction of sp³-hybridized carbons (Fsp3) is 0.667. The van der Waals surface area contributed by atoms with Crippen molar-refractivity contribution in [2.24, 2.45) is 17.3 Å². The highest BCUT2D eigenvalue weighted by Crippen LogP contribution is 2.65. The molecule has 1 saturated heterocycles. The van der Waals surface area contributed by atoms with E-state index in [1.165, 1.54) is 24.8 Å². The van der Waals surface area contributed by atoms with Gasteiger partial charge in [-0.3, -0.25) is 4.79 Å². The molecule has 4 bridgehead atoms. The summed E-state index contributed by atoms with van der Waals surface area (Å²) in [6.45, 7) is 2.02. The van der Waals surface area contributed by atoms with Gasteiger partial charge in [0.05, 0.1) is 11.5 Å². The Labute approximate surface area is 144 Å². The topological polar surface area (TPSA) is 32.3 Å². The van der Waals surface area contributed by atoms with Crippen molar-refractivity contribution in [3.63, 3.8) is 0 Å². The Morgan fingerprint density at radius 2 is 1.75 bits per heavy atom. The number of hydrogen-bond donors (Lipinski definition) is 1. The number of likely N-dealkylation sites (N-methyl/N-ethyl adjacent to an activating group) is 1. The molecule has 0 radical (unpaired) electrons. The zero-order chi connectivity index (χ0) is 16.4. The molecule has 1 amide bonds. The van der Waals surface area contributed by atoms with E-state index in [0.717, 1.165) is 44.2 Å². The van der Waals surface area contributed by atoms with Crippen LogP contribution in [0.1, 0.15) is 44.1 Å². The first kappa shape index (κ1) is 14.9. The third-order valence-electron chi connectivity index (χ3n) is 7.33. The Kier molecular flexibility index (Phi) is 3.16. The average molecular weight is 324 g/mol. The molecule has 2 atom stereocenters. The Hall–Kier alpha value is -1.35. The van der Waals surface area contributed by atoms with E-state index in [9.17, 15) is 4.79 Å². The summed E-state index contributed by atoms with van der Waals surface area (Å²) < 4.78 is 0. The molecule has 24 heavy (non-hydrogen) atoms. The Morgan fingerprint density at radius 3 is 2.38 bits per heavy atom. The van der Waals surface area contributed by atoms with Crippen molar-refractivity contribution < 1.29 is 4.79 Å². The molecule has 4 saturated carbocycles. The zero-order valence-corrected chi connectivity index (χ0v) is 14.6. The lowest BCUT2D eigenvalue weighted by Crippen LogP contribution is -2.64. The second kappa shape index (κ2) is 5.08.